The molecule has 0 bridgehead atoms. The van der Waals surface area contributed by atoms with Crippen molar-refractivity contribution in [3.8, 4) is 5.75 Å². The summed E-state index contributed by atoms with van der Waals surface area (Å²) < 4.78 is 34.4. The van der Waals surface area contributed by atoms with Crippen LogP contribution in [0.25, 0.3) is 0 Å². The molecule has 0 spiro atoms. The summed E-state index contributed by atoms with van der Waals surface area (Å²) >= 11 is 0. The maximum atomic E-state index is 13.3. The molecule has 0 saturated carbocycles. The summed E-state index contributed by atoms with van der Waals surface area (Å²) in [6, 6.07) is 14.5. The zero-order valence-electron chi connectivity index (χ0n) is 19.3. The van der Waals surface area contributed by atoms with Crippen molar-refractivity contribution in [3.05, 3.63) is 59.7 Å². The number of amidine groups is 1. The van der Waals surface area contributed by atoms with Crippen molar-refractivity contribution in [2.75, 3.05) is 33.3 Å². The van der Waals surface area contributed by atoms with Crippen LogP contribution in [0.2, 0.25) is 0 Å². The number of carbonyl (C=O) groups is 1. The van der Waals surface area contributed by atoms with Crippen molar-refractivity contribution >= 4 is 21.8 Å². The number of ether oxygens (including phenoxy) is 1. The van der Waals surface area contributed by atoms with E-state index in [9.17, 15) is 13.2 Å². The van der Waals surface area contributed by atoms with Crippen LogP contribution in [-0.4, -0.2) is 69.3 Å². The largest absolute Gasteiger partial charge is 0.497 e. The van der Waals surface area contributed by atoms with Crippen LogP contribution in [0.3, 0.4) is 0 Å². The van der Waals surface area contributed by atoms with E-state index in [1.807, 2.05) is 17.0 Å². The molecule has 180 valence electrons. The summed E-state index contributed by atoms with van der Waals surface area (Å²) in [4.78, 5) is 17.8. The van der Waals surface area contributed by atoms with E-state index in [-0.39, 0.29) is 16.8 Å². The molecule has 2 aromatic rings. The van der Waals surface area contributed by atoms with Gasteiger partial charge in [-0.25, -0.2) is 0 Å². The van der Waals surface area contributed by atoms with Gasteiger partial charge < -0.3 is 15.0 Å². The Kier molecular flexibility index (Phi) is 6.31. The van der Waals surface area contributed by atoms with Gasteiger partial charge in [0, 0.05) is 18.7 Å². The lowest BCUT2D eigenvalue weighted by Gasteiger charge is -2.30. The number of methoxy groups -OCH3 is 1. The second kappa shape index (κ2) is 9.38. The number of nitrogens with zero attached hydrogens (tertiary/aromatic N) is 3. The number of benzene rings is 2. The Hall–Kier alpha value is -2.91. The molecule has 0 aliphatic carbocycles. The Morgan fingerprint density at radius 1 is 1.09 bits per heavy atom. The van der Waals surface area contributed by atoms with Crippen LogP contribution in [-0.2, 0) is 14.8 Å². The fourth-order valence-electron chi connectivity index (χ4n) is 5.24. The van der Waals surface area contributed by atoms with Crippen molar-refractivity contribution < 1.29 is 17.9 Å². The van der Waals surface area contributed by atoms with Crippen LogP contribution in [0.5, 0.6) is 5.75 Å². The van der Waals surface area contributed by atoms with E-state index in [0.29, 0.717) is 30.9 Å². The van der Waals surface area contributed by atoms with E-state index in [0.717, 1.165) is 43.7 Å². The van der Waals surface area contributed by atoms with Gasteiger partial charge in [0.15, 0.2) is 5.84 Å². The van der Waals surface area contributed by atoms with Gasteiger partial charge in [-0.3, -0.25) is 9.69 Å². The highest BCUT2D eigenvalue weighted by molar-refractivity contribution is 7.90. The Morgan fingerprint density at radius 2 is 1.82 bits per heavy atom. The lowest BCUT2D eigenvalue weighted by molar-refractivity contribution is -0.124. The maximum absolute atomic E-state index is 13.3. The third-order valence-corrected chi connectivity index (χ3v) is 8.32. The predicted molar refractivity (Wildman–Crippen MR) is 129 cm³/mol. The first kappa shape index (κ1) is 22.9. The van der Waals surface area contributed by atoms with E-state index in [4.69, 9.17) is 4.74 Å². The average Bonchev–Trinajstić information content (AvgIpc) is 3.60. The number of rotatable bonds is 6. The van der Waals surface area contributed by atoms with Crippen LogP contribution in [0.1, 0.15) is 42.9 Å². The number of amides is 1. The van der Waals surface area contributed by atoms with E-state index in [2.05, 4.69) is 26.7 Å². The highest BCUT2D eigenvalue weighted by atomic mass is 32.2. The molecule has 2 fully saturated rings. The molecule has 1 amide bonds. The lowest BCUT2D eigenvalue weighted by Crippen LogP contribution is -2.48. The van der Waals surface area contributed by atoms with E-state index in [1.54, 1.807) is 31.4 Å². The van der Waals surface area contributed by atoms with Gasteiger partial charge in [0.25, 0.3) is 10.0 Å². The summed E-state index contributed by atoms with van der Waals surface area (Å²) in [5.41, 5.74) is 1.72. The number of carbonyl (C=O) groups excluding carboxylic acids is 1. The molecule has 3 aliphatic heterocycles. The third kappa shape index (κ3) is 4.30. The Bertz CT molecular complexity index is 1190. The normalized spacial score (nSPS) is 22.3. The SMILES string of the molecule is COc1ccc(C(CNC(=O)C2CCCN2C2=NS(=O)(=O)c3ccccc32)N2CCCC2)cc1. The first-order chi connectivity index (χ1) is 16.5. The highest BCUT2D eigenvalue weighted by Gasteiger charge is 2.39. The molecule has 3 aliphatic rings. The molecule has 9 heteroatoms. The van der Waals surface area contributed by atoms with Gasteiger partial charge in [0.2, 0.25) is 5.91 Å². The van der Waals surface area contributed by atoms with Gasteiger partial charge in [0.1, 0.15) is 16.7 Å². The van der Waals surface area contributed by atoms with Crippen molar-refractivity contribution in [2.24, 2.45) is 4.40 Å². The Balaban J connectivity index is 1.33. The molecule has 1 N–H and O–H groups in total. The summed E-state index contributed by atoms with van der Waals surface area (Å²) in [6.45, 7) is 3.12. The molecule has 34 heavy (non-hydrogen) atoms. The van der Waals surface area contributed by atoms with E-state index in [1.165, 1.54) is 0 Å². The number of hydrogen-bond acceptors (Lipinski definition) is 6. The summed E-state index contributed by atoms with van der Waals surface area (Å²) in [5.74, 6) is 1.11. The fourth-order valence-corrected chi connectivity index (χ4v) is 6.46. The molecule has 5 rings (SSSR count). The maximum Gasteiger partial charge on any atom is 0.285 e. The molecular weight excluding hydrogens is 452 g/mol. The fraction of sp³-hybridized carbons (Fsp3) is 0.440. The zero-order chi connectivity index (χ0) is 23.7. The van der Waals surface area contributed by atoms with Gasteiger partial charge in [-0.05, 0) is 68.6 Å². The summed E-state index contributed by atoms with van der Waals surface area (Å²) in [6.07, 6.45) is 3.80. The molecule has 0 aromatic heterocycles. The van der Waals surface area contributed by atoms with Crippen LogP contribution >= 0.6 is 0 Å². The molecular formula is C25H30N4O4S. The zero-order valence-corrected chi connectivity index (χ0v) is 20.1. The number of hydrogen-bond donors (Lipinski definition) is 1. The molecule has 2 atom stereocenters. The minimum Gasteiger partial charge on any atom is -0.497 e. The standard InChI is InChI=1S/C25H30N4O4S/c1-33-19-12-10-18(11-13-19)22(28-14-4-5-15-28)17-26-25(30)21-8-6-16-29(21)24-20-7-2-3-9-23(20)34(31,32)27-24/h2-3,7,9-13,21-22H,4-6,8,14-17H2,1H3,(H,26,30). The minimum atomic E-state index is -3.72. The van der Waals surface area contributed by atoms with Gasteiger partial charge in [-0.1, -0.05) is 24.3 Å². The Labute approximate surface area is 200 Å². The molecule has 2 saturated heterocycles. The predicted octanol–water partition coefficient (Wildman–Crippen LogP) is 2.56. The quantitative estimate of drug-likeness (QED) is 0.681. The van der Waals surface area contributed by atoms with Crippen LogP contribution < -0.4 is 10.1 Å². The molecule has 8 nitrogen and oxygen atoms in total. The second-order valence-corrected chi connectivity index (χ2v) is 10.6. The van der Waals surface area contributed by atoms with Crippen LogP contribution in [0.4, 0.5) is 0 Å². The second-order valence-electron chi connectivity index (χ2n) is 9.01. The highest BCUT2D eigenvalue weighted by Crippen LogP contribution is 2.31. The molecule has 2 unspecified atom stereocenters. The summed E-state index contributed by atoms with van der Waals surface area (Å²) in [7, 11) is -2.07. The number of fused-ring (bicyclic) bond motifs is 1. The Morgan fingerprint density at radius 3 is 2.56 bits per heavy atom. The lowest BCUT2D eigenvalue weighted by atomic mass is 10.0. The van der Waals surface area contributed by atoms with Gasteiger partial charge in [0.05, 0.1) is 13.2 Å². The topological polar surface area (TPSA) is 91.3 Å². The molecule has 2 aromatic carbocycles. The average molecular weight is 483 g/mol. The van der Waals surface area contributed by atoms with Gasteiger partial charge in [-0.15, -0.1) is 4.40 Å². The van der Waals surface area contributed by atoms with Crippen molar-refractivity contribution in [2.45, 2.75) is 42.7 Å². The first-order valence-electron chi connectivity index (χ1n) is 11.8. The van der Waals surface area contributed by atoms with Crippen molar-refractivity contribution in [3.63, 3.8) is 0 Å². The smallest absolute Gasteiger partial charge is 0.285 e. The number of sulfonamides is 1. The van der Waals surface area contributed by atoms with E-state index >= 15 is 0 Å². The minimum absolute atomic E-state index is 0.0807. The molecule has 0 radical (unpaired) electrons. The summed E-state index contributed by atoms with van der Waals surface area (Å²) in [5, 5.41) is 3.17. The number of likely N-dealkylation sites (tertiary alicyclic amines) is 2. The van der Waals surface area contributed by atoms with Crippen molar-refractivity contribution in [1.29, 1.82) is 0 Å². The van der Waals surface area contributed by atoms with Crippen LogP contribution in [0.15, 0.2) is 57.8 Å². The van der Waals surface area contributed by atoms with E-state index < -0.39 is 16.1 Å². The van der Waals surface area contributed by atoms with Gasteiger partial charge >= 0.3 is 0 Å². The molecule has 3 heterocycles. The van der Waals surface area contributed by atoms with Crippen LogP contribution in [0, 0.1) is 0 Å². The number of nitrogens with one attached hydrogen (secondary N) is 1. The van der Waals surface area contributed by atoms with Crippen molar-refractivity contribution in [1.82, 2.24) is 15.1 Å². The third-order valence-electron chi connectivity index (χ3n) is 6.99. The van der Waals surface area contributed by atoms with Gasteiger partial charge in [-0.2, -0.15) is 8.42 Å². The first-order valence-corrected chi connectivity index (χ1v) is 13.3. The monoisotopic (exact) mass is 482 g/mol.